The molecule has 0 heteroatoms. The zero-order valence-electron chi connectivity index (χ0n) is 14.1. The first-order chi connectivity index (χ1) is 9.40. The average molecular weight is 274 g/mol. The Bertz CT molecular complexity index is 328. The number of allylic oxidation sites excluding steroid dienone is 2. The first-order valence-corrected chi connectivity index (χ1v) is 8.71. The lowest BCUT2D eigenvalue weighted by Gasteiger charge is -2.43. The fourth-order valence-electron chi connectivity index (χ4n) is 4.94. The highest BCUT2D eigenvalue weighted by molar-refractivity contribution is 5.04. The maximum Gasteiger partial charge on any atom is -0.0180 e. The molecule has 114 valence electrons. The van der Waals surface area contributed by atoms with Crippen LogP contribution in [0.4, 0.5) is 0 Å². The third-order valence-corrected chi connectivity index (χ3v) is 6.41. The largest absolute Gasteiger partial charge is 0.0999 e. The molecule has 20 heavy (non-hydrogen) atoms. The van der Waals surface area contributed by atoms with Gasteiger partial charge in [-0.15, -0.1) is 0 Å². The Hall–Kier alpha value is -0.520. The summed E-state index contributed by atoms with van der Waals surface area (Å²) in [6.45, 7) is 17.8. The van der Waals surface area contributed by atoms with E-state index in [0.717, 1.165) is 35.5 Å². The zero-order chi connectivity index (χ0) is 14.9. The van der Waals surface area contributed by atoms with Crippen LogP contribution < -0.4 is 0 Å². The van der Waals surface area contributed by atoms with E-state index < -0.39 is 0 Å². The van der Waals surface area contributed by atoms with Crippen molar-refractivity contribution >= 4 is 0 Å². The van der Waals surface area contributed by atoms with Crippen molar-refractivity contribution in [1.82, 2.24) is 0 Å². The molecule has 0 bridgehead atoms. The Morgan fingerprint density at radius 3 is 1.35 bits per heavy atom. The van der Waals surface area contributed by atoms with E-state index in [1.807, 2.05) is 0 Å². The molecule has 0 aromatic carbocycles. The van der Waals surface area contributed by atoms with E-state index in [1.54, 1.807) is 0 Å². The van der Waals surface area contributed by atoms with Gasteiger partial charge in [0.1, 0.15) is 0 Å². The predicted octanol–water partition coefficient (Wildman–Crippen LogP) is 6.24. The second-order valence-electron chi connectivity index (χ2n) is 8.01. The van der Waals surface area contributed by atoms with Crippen LogP contribution in [0.5, 0.6) is 0 Å². The summed E-state index contributed by atoms with van der Waals surface area (Å²) in [6, 6.07) is 0. The first kappa shape index (κ1) is 15.9. The van der Waals surface area contributed by atoms with Gasteiger partial charge in [-0.05, 0) is 87.9 Å². The Morgan fingerprint density at radius 1 is 0.700 bits per heavy atom. The van der Waals surface area contributed by atoms with Crippen LogP contribution >= 0.6 is 0 Å². The van der Waals surface area contributed by atoms with Gasteiger partial charge < -0.3 is 0 Å². The van der Waals surface area contributed by atoms with Crippen LogP contribution in [0.3, 0.4) is 0 Å². The molecule has 2 rings (SSSR count). The van der Waals surface area contributed by atoms with Gasteiger partial charge in [0.25, 0.3) is 0 Å². The molecular weight excluding hydrogens is 240 g/mol. The van der Waals surface area contributed by atoms with Crippen LogP contribution in [0.2, 0.25) is 0 Å². The molecule has 0 nitrogen and oxygen atoms in total. The van der Waals surface area contributed by atoms with Crippen molar-refractivity contribution in [3.05, 3.63) is 24.3 Å². The van der Waals surface area contributed by atoms with Crippen LogP contribution in [-0.4, -0.2) is 0 Å². The third kappa shape index (κ3) is 3.38. The van der Waals surface area contributed by atoms with E-state index in [-0.39, 0.29) is 0 Å². The minimum absolute atomic E-state index is 0.774. The second kappa shape index (κ2) is 6.50. The highest BCUT2D eigenvalue weighted by Gasteiger charge is 2.36. The molecule has 6 atom stereocenters. The van der Waals surface area contributed by atoms with Crippen LogP contribution in [-0.2, 0) is 0 Å². The quantitative estimate of drug-likeness (QED) is 0.534. The van der Waals surface area contributed by atoms with Crippen molar-refractivity contribution in [2.45, 2.75) is 66.2 Å². The fourth-order valence-corrected chi connectivity index (χ4v) is 4.94. The van der Waals surface area contributed by atoms with Gasteiger partial charge in [0.05, 0.1) is 0 Å². The van der Waals surface area contributed by atoms with E-state index >= 15 is 0 Å². The average Bonchev–Trinajstić information content (AvgIpc) is 2.39. The molecule has 0 N–H and O–H groups in total. The maximum absolute atomic E-state index is 4.25. The van der Waals surface area contributed by atoms with E-state index in [1.165, 1.54) is 49.7 Å². The Balaban J connectivity index is 2.01. The summed E-state index contributed by atoms with van der Waals surface area (Å²) in [6.07, 6.45) is 8.52. The monoisotopic (exact) mass is 274 g/mol. The van der Waals surface area contributed by atoms with Crippen molar-refractivity contribution < 1.29 is 0 Å². The molecule has 2 aliphatic rings. The highest BCUT2D eigenvalue weighted by Crippen LogP contribution is 2.47. The van der Waals surface area contributed by atoms with Gasteiger partial charge in [0.15, 0.2) is 0 Å². The molecule has 0 spiro atoms. The smallest absolute Gasteiger partial charge is 0.0180 e. The molecule has 2 fully saturated rings. The van der Waals surface area contributed by atoms with E-state index in [2.05, 4.69) is 40.9 Å². The molecule has 0 aromatic heterocycles. The third-order valence-electron chi connectivity index (χ3n) is 6.41. The number of rotatable bonds is 3. The molecule has 0 radical (unpaired) electrons. The van der Waals surface area contributed by atoms with E-state index in [4.69, 9.17) is 0 Å². The summed E-state index contributed by atoms with van der Waals surface area (Å²) in [5.74, 6) is 5.14. The Morgan fingerprint density at radius 2 is 1.05 bits per heavy atom. The standard InChI is InChI=1S/C20H34/c1-13(2)19-11-17(9-7-15(19)5)18-10-8-16(6)20(12-18)14(3)4/h15-20H,1,3,7-12H2,2,4-6H3. The van der Waals surface area contributed by atoms with Crippen molar-refractivity contribution in [2.24, 2.45) is 35.5 Å². The summed E-state index contributed by atoms with van der Waals surface area (Å²) in [5, 5.41) is 0. The SMILES string of the molecule is C=C(C)C1CC(C2CCC(C)C(C(=C)C)C2)CCC1C. The summed E-state index contributed by atoms with van der Waals surface area (Å²) in [5.41, 5.74) is 2.84. The minimum Gasteiger partial charge on any atom is -0.0999 e. The van der Waals surface area contributed by atoms with Gasteiger partial charge in [-0.3, -0.25) is 0 Å². The molecule has 0 amide bonds. The Labute approximate surface area is 126 Å². The normalized spacial score (nSPS) is 42.2. The van der Waals surface area contributed by atoms with Crippen molar-refractivity contribution in [1.29, 1.82) is 0 Å². The van der Waals surface area contributed by atoms with Crippen molar-refractivity contribution in [3.8, 4) is 0 Å². The van der Waals surface area contributed by atoms with Crippen LogP contribution in [0.1, 0.15) is 66.2 Å². The van der Waals surface area contributed by atoms with Gasteiger partial charge >= 0.3 is 0 Å². The van der Waals surface area contributed by atoms with Gasteiger partial charge in [0.2, 0.25) is 0 Å². The van der Waals surface area contributed by atoms with Crippen LogP contribution in [0.25, 0.3) is 0 Å². The van der Waals surface area contributed by atoms with Gasteiger partial charge in [-0.1, -0.05) is 38.2 Å². The molecule has 2 saturated carbocycles. The van der Waals surface area contributed by atoms with E-state index in [9.17, 15) is 0 Å². The molecule has 0 heterocycles. The summed E-state index contributed by atoms with van der Waals surface area (Å²) >= 11 is 0. The molecule has 6 unspecified atom stereocenters. The molecule has 0 aliphatic heterocycles. The van der Waals surface area contributed by atoms with E-state index in [0.29, 0.717) is 0 Å². The zero-order valence-corrected chi connectivity index (χ0v) is 14.1. The summed E-state index contributed by atoms with van der Waals surface area (Å²) in [7, 11) is 0. The van der Waals surface area contributed by atoms with Crippen molar-refractivity contribution in [2.75, 3.05) is 0 Å². The Kier molecular flexibility index (Phi) is 5.15. The predicted molar refractivity (Wildman–Crippen MR) is 89.6 cm³/mol. The minimum atomic E-state index is 0.774. The lowest BCUT2D eigenvalue weighted by molar-refractivity contribution is 0.105. The summed E-state index contributed by atoms with van der Waals surface area (Å²) in [4.78, 5) is 0. The van der Waals surface area contributed by atoms with Crippen molar-refractivity contribution in [3.63, 3.8) is 0 Å². The number of hydrogen-bond acceptors (Lipinski definition) is 0. The summed E-state index contributed by atoms with van der Waals surface area (Å²) < 4.78 is 0. The maximum atomic E-state index is 4.25. The van der Waals surface area contributed by atoms with Crippen LogP contribution in [0, 0.1) is 35.5 Å². The molecule has 0 aromatic rings. The topological polar surface area (TPSA) is 0 Å². The van der Waals surface area contributed by atoms with Gasteiger partial charge in [0, 0.05) is 0 Å². The van der Waals surface area contributed by atoms with Gasteiger partial charge in [-0.2, -0.15) is 0 Å². The van der Waals surface area contributed by atoms with Crippen LogP contribution in [0.15, 0.2) is 24.3 Å². The molecule has 2 aliphatic carbocycles. The fraction of sp³-hybridized carbons (Fsp3) is 0.800. The number of hydrogen-bond donors (Lipinski definition) is 0. The lowest BCUT2D eigenvalue weighted by atomic mass is 9.62. The second-order valence-corrected chi connectivity index (χ2v) is 8.01. The first-order valence-electron chi connectivity index (χ1n) is 8.71. The molecule has 0 saturated heterocycles. The highest BCUT2D eigenvalue weighted by atomic mass is 14.4. The van der Waals surface area contributed by atoms with Gasteiger partial charge in [-0.25, -0.2) is 0 Å². The molecular formula is C20H34. The lowest BCUT2D eigenvalue weighted by Crippen LogP contribution is -2.33.